The number of urea groups is 1. The zero-order valence-corrected chi connectivity index (χ0v) is 18.1. The fourth-order valence-corrected chi connectivity index (χ4v) is 3.61. The van der Waals surface area contributed by atoms with E-state index in [4.69, 9.17) is 27.9 Å². The van der Waals surface area contributed by atoms with Crippen LogP contribution in [0.1, 0.15) is 11.1 Å². The summed E-state index contributed by atoms with van der Waals surface area (Å²) in [5, 5.41) is 3.19. The Bertz CT molecular complexity index is 1240. The van der Waals surface area contributed by atoms with Gasteiger partial charge in [-0.1, -0.05) is 65.7 Å². The number of carbonyl (C=O) groups is 3. The molecule has 3 aromatic rings. The second-order valence-electron chi connectivity index (χ2n) is 6.86. The van der Waals surface area contributed by atoms with Gasteiger partial charge in [0.25, 0.3) is 11.8 Å². The maximum atomic E-state index is 13.0. The molecule has 0 aromatic heterocycles. The van der Waals surface area contributed by atoms with Gasteiger partial charge in [0.15, 0.2) is 0 Å². The molecule has 0 bridgehead atoms. The number of anilines is 1. The number of nitrogens with zero attached hydrogens (tertiary/aromatic N) is 1. The Hall–Kier alpha value is -3.61. The second-order valence-corrected chi connectivity index (χ2v) is 7.70. The smallest absolute Gasteiger partial charge is 0.335 e. The van der Waals surface area contributed by atoms with Crippen molar-refractivity contribution in [3.8, 4) is 5.75 Å². The van der Waals surface area contributed by atoms with E-state index in [2.05, 4.69) is 5.32 Å². The van der Waals surface area contributed by atoms with Gasteiger partial charge in [0.1, 0.15) is 17.9 Å². The first-order valence-corrected chi connectivity index (χ1v) is 10.3. The number of barbiturate groups is 1. The molecule has 1 saturated heterocycles. The lowest BCUT2D eigenvalue weighted by Gasteiger charge is -2.26. The van der Waals surface area contributed by atoms with Crippen LogP contribution in [0.15, 0.2) is 78.4 Å². The van der Waals surface area contributed by atoms with Gasteiger partial charge >= 0.3 is 6.03 Å². The number of amides is 4. The van der Waals surface area contributed by atoms with Gasteiger partial charge in [0.2, 0.25) is 0 Å². The van der Waals surface area contributed by atoms with E-state index in [-0.39, 0.29) is 12.2 Å². The highest BCUT2D eigenvalue weighted by Crippen LogP contribution is 2.27. The molecule has 1 fully saturated rings. The van der Waals surface area contributed by atoms with Gasteiger partial charge in [-0.3, -0.25) is 14.9 Å². The van der Waals surface area contributed by atoms with Crippen LogP contribution >= 0.6 is 23.2 Å². The summed E-state index contributed by atoms with van der Waals surface area (Å²) in [6.07, 6.45) is 1.40. The van der Waals surface area contributed by atoms with Gasteiger partial charge in [-0.25, -0.2) is 9.69 Å². The number of nitrogens with one attached hydrogen (secondary N) is 1. The van der Waals surface area contributed by atoms with Gasteiger partial charge in [-0.05, 0) is 36.4 Å². The lowest BCUT2D eigenvalue weighted by molar-refractivity contribution is -0.122. The quantitative estimate of drug-likeness (QED) is 0.412. The molecule has 160 valence electrons. The molecule has 1 heterocycles. The van der Waals surface area contributed by atoms with Gasteiger partial charge in [-0.2, -0.15) is 0 Å². The zero-order valence-electron chi connectivity index (χ0n) is 16.5. The Kier molecular flexibility index (Phi) is 6.25. The van der Waals surface area contributed by atoms with Crippen LogP contribution in [0.5, 0.6) is 5.75 Å². The molecule has 1 N–H and O–H groups in total. The van der Waals surface area contributed by atoms with Gasteiger partial charge < -0.3 is 4.74 Å². The minimum atomic E-state index is -0.801. The minimum absolute atomic E-state index is 0.158. The number of para-hydroxylation sites is 2. The third-order valence-electron chi connectivity index (χ3n) is 4.73. The van der Waals surface area contributed by atoms with E-state index in [0.717, 1.165) is 10.5 Å². The van der Waals surface area contributed by atoms with Crippen molar-refractivity contribution >= 4 is 52.8 Å². The van der Waals surface area contributed by atoms with E-state index >= 15 is 0 Å². The molecule has 0 spiro atoms. The van der Waals surface area contributed by atoms with Crippen LogP contribution in [0.3, 0.4) is 0 Å². The summed E-state index contributed by atoms with van der Waals surface area (Å²) in [7, 11) is 0. The molecule has 0 aliphatic carbocycles. The first-order chi connectivity index (χ1) is 15.4. The van der Waals surface area contributed by atoms with Crippen molar-refractivity contribution in [1.29, 1.82) is 0 Å². The molecule has 1 aliphatic rings. The highest BCUT2D eigenvalue weighted by molar-refractivity contribution is 6.39. The Morgan fingerprint density at radius 1 is 0.906 bits per heavy atom. The Morgan fingerprint density at radius 2 is 1.62 bits per heavy atom. The summed E-state index contributed by atoms with van der Waals surface area (Å²) in [6, 6.07) is 19.6. The van der Waals surface area contributed by atoms with E-state index in [1.807, 2.05) is 0 Å². The van der Waals surface area contributed by atoms with E-state index in [0.29, 0.717) is 27.0 Å². The summed E-state index contributed by atoms with van der Waals surface area (Å²) < 4.78 is 5.89. The molecular weight excluding hydrogens is 451 g/mol. The van der Waals surface area contributed by atoms with E-state index in [1.165, 1.54) is 6.08 Å². The summed E-state index contributed by atoms with van der Waals surface area (Å²) >= 11 is 12.1. The third-order valence-corrected chi connectivity index (χ3v) is 5.32. The molecular formula is C24H16Cl2N2O4. The highest BCUT2D eigenvalue weighted by Gasteiger charge is 2.36. The first kappa shape index (κ1) is 21.6. The number of hydrogen-bond acceptors (Lipinski definition) is 4. The fraction of sp³-hybridized carbons (Fsp3) is 0.0417. The Morgan fingerprint density at radius 3 is 2.38 bits per heavy atom. The average Bonchev–Trinajstić information content (AvgIpc) is 2.77. The third kappa shape index (κ3) is 4.51. The molecule has 1 aliphatic heterocycles. The summed E-state index contributed by atoms with van der Waals surface area (Å²) in [6.45, 7) is 0.158. The monoisotopic (exact) mass is 466 g/mol. The number of hydrogen-bond donors (Lipinski definition) is 1. The van der Waals surface area contributed by atoms with Gasteiger partial charge in [-0.15, -0.1) is 0 Å². The van der Waals surface area contributed by atoms with Crippen LogP contribution in [-0.4, -0.2) is 17.8 Å². The van der Waals surface area contributed by atoms with Crippen LogP contribution in [0.4, 0.5) is 10.5 Å². The van der Waals surface area contributed by atoms with Crippen molar-refractivity contribution < 1.29 is 19.1 Å². The largest absolute Gasteiger partial charge is 0.488 e. The van der Waals surface area contributed by atoms with Gasteiger partial charge in [0, 0.05) is 21.2 Å². The number of ether oxygens (including phenoxy) is 1. The molecule has 32 heavy (non-hydrogen) atoms. The standard InChI is InChI=1S/C24H16Cl2N2O4/c25-17-11-10-16(20(26)13-17)14-32-21-9-5-4-6-15(21)12-19-22(29)27-24(31)28(23(19)30)18-7-2-1-3-8-18/h1-13H,14H2,(H,27,29,31)/b19-12+. The van der Waals surface area contributed by atoms with Crippen LogP contribution in [0, 0.1) is 0 Å². The van der Waals surface area contributed by atoms with Crippen molar-refractivity contribution in [2.24, 2.45) is 0 Å². The molecule has 3 aromatic carbocycles. The lowest BCUT2D eigenvalue weighted by Crippen LogP contribution is -2.54. The number of halogens is 2. The van der Waals surface area contributed by atoms with Gasteiger partial charge in [0.05, 0.1) is 5.69 Å². The molecule has 0 atom stereocenters. The summed E-state index contributed by atoms with van der Waals surface area (Å²) in [5.41, 5.74) is 1.40. The zero-order chi connectivity index (χ0) is 22.7. The number of rotatable bonds is 5. The second kappa shape index (κ2) is 9.26. The summed E-state index contributed by atoms with van der Waals surface area (Å²) in [4.78, 5) is 38.7. The van der Waals surface area contributed by atoms with E-state index in [1.54, 1.807) is 72.8 Å². The van der Waals surface area contributed by atoms with Crippen LogP contribution in [0.2, 0.25) is 10.0 Å². The molecule has 0 radical (unpaired) electrons. The molecule has 0 saturated carbocycles. The number of benzene rings is 3. The summed E-state index contributed by atoms with van der Waals surface area (Å²) in [5.74, 6) is -1.06. The normalized spacial score (nSPS) is 15.1. The lowest BCUT2D eigenvalue weighted by atomic mass is 10.1. The first-order valence-electron chi connectivity index (χ1n) is 9.56. The predicted octanol–water partition coefficient (Wildman–Crippen LogP) is 5.24. The van der Waals surface area contributed by atoms with Crippen LogP contribution in [0.25, 0.3) is 6.08 Å². The fourth-order valence-electron chi connectivity index (χ4n) is 3.15. The van der Waals surface area contributed by atoms with Crippen molar-refractivity contribution in [2.45, 2.75) is 6.61 Å². The molecule has 6 nitrogen and oxygen atoms in total. The van der Waals surface area contributed by atoms with E-state index in [9.17, 15) is 14.4 Å². The Labute approximate surface area is 194 Å². The minimum Gasteiger partial charge on any atom is -0.488 e. The predicted molar refractivity (Wildman–Crippen MR) is 123 cm³/mol. The number of carbonyl (C=O) groups excluding carboxylic acids is 3. The topological polar surface area (TPSA) is 75.7 Å². The van der Waals surface area contributed by atoms with Crippen molar-refractivity contribution in [3.05, 3.63) is 99.5 Å². The molecule has 8 heteroatoms. The van der Waals surface area contributed by atoms with Crippen LogP contribution < -0.4 is 15.0 Å². The van der Waals surface area contributed by atoms with E-state index < -0.39 is 17.8 Å². The highest BCUT2D eigenvalue weighted by atomic mass is 35.5. The maximum Gasteiger partial charge on any atom is 0.335 e. The molecule has 4 amide bonds. The molecule has 0 unspecified atom stereocenters. The maximum absolute atomic E-state index is 13.0. The molecule has 4 rings (SSSR count). The number of imide groups is 2. The van der Waals surface area contributed by atoms with Crippen LogP contribution in [-0.2, 0) is 16.2 Å². The van der Waals surface area contributed by atoms with Crippen molar-refractivity contribution in [2.75, 3.05) is 4.90 Å². The van der Waals surface area contributed by atoms with Crippen molar-refractivity contribution in [3.63, 3.8) is 0 Å². The average molecular weight is 467 g/mol. The SMILES string of the molecule is O=C1NC(=O)N(c2ccccc2)C(=O)/C1=C/c1ccccc1OCc1ccc(Cl)cc1Cl. The van der Waals surface area contributed by atoms with Crippen molar-refractivity contribution in [1.82, 2.24) is 5.32 Å². The Balaban J connectivity index is 1.63.